The Hall–Kier alpha value is -0.830. The minimum absolute atomic E-state index is 0.846. The van der Waals surface area contributed by atoms with Crippen molar-refractivity contribution in [1.82, 2.24) is 0 Å². The molecule has 3 heteroatoms. The van der Waals surface area contributed by atoms with Gasteiger partial charge in [0.1, 0.15) is 0 Å². The maximum Gasteiger partial charge on any atom is 0.0445 e. The number of rotatable bonds is 2. The van der Waals surface area contributed by atoms with E-state index in [2.05, 4.69) is 59.3 Å². The Morgan fingerprint density at radius 2 is 1.95 bits per heavy atom. The lowest BCUT2D eigenvalue weighted by Gasteiger charge is -2.06. The standard InChI is InChI=1S/C16H12BrClS/c1-10-6-15(18)12(9-14(10)17)8-13-7-11-4-2-3-5-16(11)19-13/h2-7,9H,8H2,1H3. The second-order valence-electron chi connectivity index (χ2n) is 4.62. The van der Waals surface area contributed by atoms with Crippen molar-refractivity contribution in [1.29, 1.82) is 0 Å². The van der Waals surface area contributed by atoms with E-state index in [1.54, 1.807) is 0 Å². The maximum atomic E-state index is 6.33. The number of hydrogen-bond acceptors (Lipinski definition) is 1. The van der Waals surface area contributed by atoms with Gasteiger partial charge >= 0.3 is 0 Å². The van der Waals surface area contributed by atoms with Crippen LogP contribution in [0.15, 0.2) is 46.9 Å². The molecule has 0 unspecified atom stereocenters. The minimum Gasteiger partial charge on any atom is -0.140 e. The molecule has 1 heterocycles. The molecule has 0 N–H and O–H groups in total. The Balaban J connectivity index is 1.98. The van der Waals surface area contributed by atoms with Gasteiger partial charge in [0, 0.05) is 25.5 Å². The molecular formula is C16H12BrClS. The van der Waals surface area contributed by atoms with Crippen LogP contribution < -0.4 is 0 Å². The largest absolute Gasteiger partial charge is 0.140 e. The normalized spacial score (nSPS) is 11.1. The van der Waals surface area contributed by atoms with E-state index in [9.17, 15) is 0 Å². The molecule has 0 aliphatic rings. The first kappa shape index (κ1) is 13.2. The van der Waals surface area contributed by atoms with E-state index in [1.165, 1.54) is 26.1 Å². The van der Waals surface area contributed by atoms with Crippen molar-refractivity contribution in [2.75, 3.05) is 0 Å². The van der Waals surface area contributed by atoms with E-state index in [-0.39, 0.29) is 0 Å². The molecule has 2 aromatic carbocycles. The third-order valence-corrected chi connectivity index (χ3v) is 5.49. The third kappa shape index (κ3) is 2.71. The van der Waals surface area contributed by atoms with Gasteiger partial charge in [-0.2, -0.15) is 0 Å². The first-order valence-electron chi connectivity index (χ1n) is 6.05. The number of fused-ring (bicyclic) bond motifs is 1. The fraction of sp³-hybridized carbons (Fsp3) is 0.125. The molecule has 0 spiro atoms. The van der Waals surface area contributed by atoms with Crippen LogP contribution in [-0.2, 0) is 6.42 Å². The molecule has 19 heavy (non-hydrogen) atoms. The van der Waals surface area contributed by atoms with Crippen LogP contribution >= 0.6 is 38.9 Å². The molecular weight excluding hydrogens is 340 g/mol. The number of benzene rings is 2. The van der Waals surface area contributed by atoms with Crippen LogP contribution in [0.4, 0.5) is 0 Å². The fourth-order valence-corrected chi connectivity index (χ4v) is 3.90. The lowest BCUT2D eigenvalue weighted by Crippen LogP contribution is -1.88. The molecule has 0 nitrogen and oxygen atoms in total. The van der Waals surface area contributed by atoms with Crippen LogP contribution in [0.3, 0.4) is 0 Å². The van der Waals surface area contributed by atoms with Gasteiger partial charge in [0.25, 0.3) is 0 Å². The van der Waals surface area contributed by atoms with Gasteiger partial charge in [-0.1, -0.05) is 45.7 Å². The molecule has 3 rings (SSSR count). The van der Waals surface area contributed by atoms with Crippen LogP contribution in [0.5, 0.6) is 0 Å². The van der Waals surface area contributed by atoms with Gasteiger partial charge in [-0.05, 0) is 47.7 Å². The summed E-state index contributed by atoms with van der Waals surface area (Å²) in [5, 5.41) is 2.16. The van der Waals surface area contributed by atoms with Gasteiger partial charge in [0.05, 0.1) is 0 Å². The number of hydrogen-bond donors (Lipinski definition) is 0. The van der Waals surface area contributed by atoms with Crippen molar-refractivity contribution < 1.29 is 0 Å². The van der Waals surface area contributed by atoms with Crippen molar-refractivity contribution >= 4 is 49.0 Å². The first-order valence-corrected chi connectivity index (χ1v) is 8.04. The molecule has 0 fully saturated rings. The zero-order valence-corrected chi connectivity index (χ0v) is 13.6. The molecule has 96 valence electrons. The summed E-state index contributed by atoms with van der Waals surface area (Å²) in [7, 11) is 0. The molecule has 0 atom stereocenters. The highest BCUT2D eigenvalue weighted by molar-refractivity contribution is 9.10. The summed E-state index contributed by atoms with van der Waals surface area (Å²) in [5.74, 6) is 0. The third-order valence-electron chi connectivity index (χ3n) is 3.17. The van der Waals surface area contributed by atoms with E-state index in [1.807, 2.05) is 17.4 Å². The smallest absolute Gasteiger partial charge is 0.0445 e. The summed E-state index contributed by atoms with van der Waals surface area (Å²) in [5.41, 5.74) is 2.34. The zero-order valence-electron chi connectivity index (χ0n) is 10.4. The Kier molecular flexibility index (Phi) is 3.66. The predicted molar refractivity (Wildman–Crippen MR) is 88.5 cm³/mol. The van der Waals surface area contributed by atoms with Gasteiger partial charge in [-0.25, -0.2) is 0 Å². The Morgan fingerprint density at radius 3 is 2.74 bits per heavy atom. The van der Waals surface area contributed by atoms with Gasteiger partial charge < -0.3 is 0 Å². The highest BCUT2D eigenvalue weighted by Crippen LogP contribution is 2.31. The monoisotopic (exact) mass is 350 g/mol. The van der Waals surface area contributed by atoms with Crippen LogP contribution in [0.25, 0.3) is 10.1 Å². The van der Waals surface area contributed by atoms with Gasteiger partial charge in [0.2, 0.25) is 0 Å². The average Bonchev–Trinajstić information content (AvgIpc) is 2.78. The van der Waals surface area contributed by atoms with Gasteiger partial charge in [0.15, 0.2) is 0 Å². The highest BCUT2D eigenvalue weighted by atomic mass is 79.9. The molecule has 0 aliphatic heterocycles. The summed E-state index contributed by atoms with van der Waals surface area (Å²) >= 11 is 11.7. The lowest BCUT2D eigenvalue weighted by atomic mass is 10.1. The van der Waals surface area contributed by atoms with E-state index in [4.69, 9.17) is 11.6 Å². The highest BCUT2D eigenvalue weighted by Gasteiger charge is 2.08. The Bertz CT molecular complexity index is 713. The summed E-state index contributed by atoms with van der Waals surface area (Å²) in [6.07, 6.45) is 0.886. The fourth-order valence-electron chi connectivity index (χ4n) is 2.13. The van der Waals surface area contributed by atoms with Crippen LogP contribution in [0.1, 0.15) is 16.0 Å². The second kappa shape index (κ2) is 5.28. The molecule has 0 amide bonds. The minimum atomic E-state index is 0.846. The van der Waals surface area contributed by atoms with Gasteiger partial charge in [-0.3, -0.25) is 0 Å². The summed E-state index contributed by atoms with van der Waals surface area (Å²) in [6.45, 7) is 2.05. The Morgan fingerprint density at radius 1 is 1.16 bits per heavy atom. The van der Waals surface area contributed by atoms with Crippen molar-refractivity contribution in [3.05, 3.63) is 68.0 Å². The molecule has 0 saturated carbocycles. The molecule has 1 aromatic heterocycles. The number of aryl methyl sites for hydroxylation is 1. The number of halogens is 2. The van der Waals surface area contributed by atoms with Crippen molar-refractivity contribution in [2.45, 2.75) is 13.3 Å². The topological polar surface area (TPSA) is 0 Å². The van der Waals surface area contributed by atoms with Gasteiger partial charge in [-0.15, -0.1) is 11.3 Å². The van der Waals surface area contributed by atoms with Crippen molar-refractivity contribution in [3.63, 3.8) is 0 Å². The van der Waals surface area contributed by atoms with E-state index >= 15 is 0 Å². The van der Waals surface area contributed by atoms with Crippen molar-refractivity contribution in [3.8, 4) is 0 Å². The SMILES string of the molecule is Cc1cc(Cl)c(Cc2cc3ccccc3s2)cc1Br. The van der Waals surface area contributed by atoms with Crippen molar-refractivity contribution in [2.24, 2.45) is 0 Å². The molecule has 3 aromatic rings. The van der Waals surface area contributed by atoms with E-state index in [0.717, 1.165) is 15.9 Å². The summed E-state index contributed by atoms with van der Waals surface area (Å²) in [6, 6.07) is 14.9. The lowest BCUT2D eigenvalue weighted by molar-refractivity contribution is 1.22. The van der Waals surface area contributed by atoms with Crippen LogP contribution in [0, 0.1) is 6.92 Å². The second-order valence-corrected chi connectivity index (χ2v) is 7.05. The molecule has 0 saturated heterocycles. The van der Waals surface area contributed by atoms with Crippen LogP contribution in [0.2, 0.25) is 5.02 Å². The number of thiophene rings is 1. The zero-order chi connectivity index (χ0) is 13.4. The quantitative estimate of drug-likeness (QED) is 0.514. The van der Waals surface area contributed by atoms with E-state index in [0.29, 0.717) is 0 Å². The predicted octanol–water partition coefficient (Wildman–Crippen LogP) is 6.22. The first-order chi connectivity index (χ1) is 9.13. The average molecular weight is 352 g/mol. The molecule has 0 bridgehead atoms. The van der Waals surface area contributed by atoms with Crippen LogP contribution in [-0.4, -0.2) is 0 Å². The van der Waals surface area contributed by atoms with E-state index < -0.39 is 0 Å². The summed E-state index contributed by atoms with van der Waals surface area (Å²) < 4.78 is 2.45. The molecule has 0 aliphatic carbocycles. The maximum absolute atomic E-state index is 6.33. The molecule has 0 radical (unpaired) electrons. The summed E-state index contributed by atoms with van der Waals surface area (Å²) in [4.78, 5) is 1.35. The Labute approximate surface area is 130 Å².